The van der Waals surface area contributed by atoms with Gasteiger partial charge in [-0.25, -0.2) is 9.52 Å². The van der Waals surface area contributed by atoms with E-state index in [0.29, 0.717) is 4.73 Å². The number of fused-ring (bicyclic) bond motifs is 1. The van der Waals surface area contributed by atoms with Gasteiger partial charge >= 0.3 is 17.2 Å². The van der Waals surface area contributed by atoms with Crippen molar-refractivity contribution in [3.8, 4) is 5.88 Å². The van der Waals surface area contributed by atoms with Crippen LogP contribution in [0.3, 0.4) is 0 Å². The zero-order valence-electron chi connectivity index (χ0n) is 8.05. The molecule has 0 aliphatic carbocycles. The Morgan fingerprint density at radius 2 is 2.27 bits per heavy atom. The number of hydrogen-bond acceptors (Lipinski definition) is 6. The highest BCUT2D eigenvalue weighted by Gasteiger charge is 2.16. The molecular formula is C8H7N3O4. The maximum Gasteiger partial charge on any atom is 0.373 e. The number of aryl methyl sites for hydroxylation is 1. The molecule has 2 aromatic rings. The smallest absolute Gasteiger partial charge is 0.373 e. The van der Waals surface area contributed by atoms with Crippen molar-refractivity contribution in [3.05, 3.63) is 27.7 Å². The predicted octanol–water partition coefficient (Wildman–Crippen LogP) is -0.467. The lowest BCUT2D eigenvalue weighted by Crippen LogP contribution is -2.30. The molecule has 0 atom stereocenters. The van der Waals surface area contributed by atoms with Crippen LogP contribution in [0.5, 0.6) is 5.88 Å². The summed E-state index contributed by atoms with van der Waals surface area (Å²) in [6.45, 7) is 1.48. The largest absolute Gasteiger partial charge is 0.710 e. The van der Waals surface area contributed by atoms with E-state index in [0.717, 1.165) is 6.20 Å². The Bertz CT molecular complexity index is 578. The van der Waals surface area contributed by atoms with Crippen molar-refractivity contribution in [2.45, 2.75) is 6.92 Å². The molecule has 15 heavy (non-hydrogen) atoms. The Balaban J connectivity index is 2.91. The van der Waals surface area contributed by atoms with Gasteiger partial charge in [-0.15, -0.1) is 0 Å². The van der Waals surface area contributed by atoms with Gasteiger partial charge in [0.05, 0.1) is 7.11 Å². The number of rotatable bonds is 1. The second kappa shape index (κ2) is 3.19. The summed E-state index contributed by atoms with van der Waals surface area (Å²) in [6.07, 6.45) is 1.09. The summed E-state index contributed by atoms with van der Waals surface area (Å²) < 4.78 is 9.88. The summed E-state index contributed by atoms with van der Waals surface area (Å²) in [5.41, 5.74) is -0.930. The number of aromatic nitrogens is 3. The van der Waals surface area contributed by atoms with Gasteiger partial charge in [0.15, 0.2) is 6.20 Å². The minimum Gasteiger partial charge on any atom is -0.710 e. The van der Waals surface area contributed by atoms with Crippen molar-refractivity contribution in [2.75, 3.05) is 7.11 Å². The number of ether oxygens (including phenoxy) is 1. The van der Waals surface area contributed by atoms with E-state index >= 15 is 0 Å². The molecule has 7 nitrogen and oxygen atoms in total. The average molecular weight is 209 g/mol. The lowest BCUT2D eigenvalue weighted by Gasteiger charge is -2.04. The molecule has 0 aliphatic rings. The number of nitrogens with zero attached hydrogens (tertiary/aromatic N) is 3. The molecule has 0 aliphatic heterocycles. The predicted molar refractivity (Wildman–Crippen MR) is 48.3 cm³/mol. The van der Waals surface area contributed by atoms with Crippen LogP contribution < -0.4 is 15.1 Å². The van der Waals surface area contributed by atoms with Crippen molar-refractivity contribution >= 4 is 11.2 Å². The maximum absolute atomic E-state index is 11.4. The Hall–Kier alpha value is -2.18. The monoisotopic (exact) mass is 209 g/mol. The van der Waals surface area contributed by atoms with E-state index in [1.54, 1.807) is 0 Å². The van der Waals surface area contributed by atoms with Crippen LogP contribution in [0.1, 0.15) is 5.89 Å². The summed E-state index contributed by atoms with van der Waals surface area (Å²) in [5.74, 6) is 0.152. The molecule has 0 fully saturated rings. The van der Waals surface area contributed by atoms with E-state index in [-0.39, 0.29) is 22.9 Å². The van der Waals surface area contributed by atoms with Gasteiger partial charge in [-0.3, -0.25) is 0 Å². The topological polar surface area (TPSA) is 92.2 Å². The second-order valence-electron chi connectivity index (χ2n) is 2.80. The molecule has 2 aromatic heterocycles. The SMILES string of the molecule is COc1c[n+]([O-])c2nc(C)oc(=O)c2n1. The highest BCUT2D eigenvalue weighted by atomic mass is 16.5. The second-order valence-corrected chi connectivity index (χ2v) is 2.80. The maximum atomic E-state index is 11.4. The Labute approximate surface area is 83.5 Å². The Morgan fingerprint density at radius 1 is 1.53 bits per heavy atom. The summed E-state index contributed by atoms with van der Waals surface area (Å²) >= 11 is 0. The fourth-order valence-corrected chi connectivity index (χ4v) is 1.15. The molecule has 0 bridgehead atoms. The molecule has 0 amide bonds. The molecule has 0 radical (unpaired) electrons. The molecule has 0 saturated carbocycles. The molecule has 0 spiro atoms. The van der Waals surface area contributed by atoms with Crippen LogP contribution in [0.25, 0.3) is 11.2 Å². The zero-order chi connectivity index (χ0) is 11.0. The van der Waals surface area contributed by atoms with Crippen LogP contribution in [0.4, 0.5) is 0 Å². The summed E-state index contributed by atoms with van der Waals surface area (Å²) in [4.78, 5) is 18.9. The van der Waals surface area contributed by atoms with Gasteiger partial charge in [-0.05, 0) is 4.98 Å². The zero-order valence-corrected chi connectivity index (χ0v) is 8.05. The average Bonchev–Trinajstić information content (AvgIpc) is 2.19. The van der Waals surface area contributed by atoms with E-state index in [1.807, 2.05) is 0 Å². The van der Waals surface area contributed by atoms with Gasteiger partial charge in [0.25, 0.3) is 5.88 Å². The summed E-state index contributed by atoms with van der Waals surface area (Å²) in [5, 5.41) is 11.4. The van der Waals surface area contributed by atoms with Gasteiger partial charge in [0, 0.05) is 6.92 Å². The molecule has 0 saturated heterocycles. The van der Waals surface area contributed by atoms with E-state index < -0.39 is 5.63 Å². The van der Waals surface area contributed by atoms with E-state index in [4.69, 9.17) is 9.15 Å². The highest BCUT2D eigenvalue weighted by molar-refractivity contribution is 5.64. The quantitative estimate of drug-likeness (QED) is 0.465. The standard InChI is InChI=1S/C8H7N3O4/c1-4-9-7-6(8(12)15-4)10-5(14-2)3-11(7)13/h3H,1-2H3. The van der Waals surface area contributed by atoms with Crippen molar-refractivity contribution in [1.29, 1.82) is 0 Å². The molecule has 0 N–H and O–H groups in total. The molecular weight excluding hydrogens is 202 g/mol. The van der Waals surface area contributed by atoms with Crippen molar-refractivity contribution < 1.29 is 13.9 Å². The Morgan fingerprint density at radius 3 is 2.93 bits per heavy atom. The van der Waals surface area contributed by atoms with E-state index in [2.05, 4.69) is 9.97 Å². The number of methoxy groups -OCH3 is 1. The van der Waals surface area contributed by atoms with Crippen LogP contribution in [0, 0.1) is 12.1 Å². The van der Waals surface area contributed by atoms with Gasteiger partial charge in [-0.1, -0.05) is 0 Å². The minimum absolute atomic E-state index is 0.0375. The first-order chi connectivity index (χ1) is 7.11. The Kier molecular flexibility index (Phi) is 2.00. The van der Waals surface area contributed by atoms with Gasteiger partial charge in [0.1, 0.15) is 0 Å². The first-order valence-electron chi connectivity index (χ1n) is 4.07. The molecule has 0 aromatic carbocycles. The van der Waals surface area contributed by atoms with Crippen molar-refractivity contribution in [1.82, 2.24) is 9.97 Å². The third kappa shape index (κ3) is 1.47. The van der Waals surface area contributed by atoms with Gasteiger partial charge in [-0.2, -0.15) is 4.98 Å². The molecule has 2 rings (SSSR count). The molecule has 7 heteroatoms. The highest BCUT2D eigenvalue weighted by Crippen LogP contribution is 2.06. The van der Waals surface area contributed by atoms with Crippen molar-refractivity contribution in [3.63, 3.8) is 0 Å². The van der Waals surface area contributed by atoms with E-state index in [1.165, 1.54) is 14.0 Å². The van der Waals surface area contributed by atoms with Crippen LogP contribution in [-0.2, 0) is 0 Å². The third-order valence-corrected chi connectivity index (χ3v) is 1.78. The summed E-state index contributed by atoms with van der Waals surface area (Å²) in [6, 6.07) is 0. The number of hydrogen-bond donors (Lipinski definition) is 0. The van der Waals surface area contributed by atoms with Crippen LogP contribution in [0.15, 0.2) is 15.4 Å². The molecule has 0 unspecified atom stereocenters. The van der Waals surface area contributed by atoms with Crippen molar-refractivity contribution in [2.24, 2.45) is 0 Å². The normalized spacial score (nSPS) is 10.5. The lowest BCUT2D eigenvalue weighted by molar-refractivity contribution is -0.580. The first-order valence-corrected chi connectivity index (χ1v) is 4.07. The molecule has 2 heterocycles. The van der Waals surface area contributed by atoms with Gasteiger partial charge < -0.3 is 14.4 Å². The fraction of sp³-hybridized carbons (Fsp3) is 0.250. The minimum atomic E-state index is -0.707. The van der Waals surface area contributed by atoms with E-state index in [9.17, 15) is 10.0 Å². The lowest BCUT2D eigenvalue weighted by atomic mass is 10.5. The van der Waals surface area contributed by atoms with Crippen LogP contribution in [-0.4, -0.2) is 17.1 Å². The first kappa shape index (κ1) is 9.38. The van der Waals surface area contributed by atoms with Crippen LogP contribution in [0.2, 0.25) is 0 Å². The summed E-state index contributed by atoms with van der Waals surface area (Å²) in [7, 11) is 1.34. The molecule has 78 valence electrons. The third-order valence-electron chi connectivity index (χ3n) is 1.78. The van der Waals surface area contributed by atoms with Crippen LogP contribution >= 0.6 is 0 Å². The van der Waals surface area contributed by atoms with Gasteiger partial charge in [0.2, 0.25) is 5.52 Å². The fourth-order valence-electron chi connectivity index (χ4n) is 1.15.